The van der Waals surface area contributed by atoms with E-state index in [4.69, 9.17) is 18.0 Å². The lowest BCUT2D eigenvalue weighted by Gasteiger charge is -1.99. The van der Waals surface area contributed by atoms with Gasteiger partial charge in [0.1, 0.15) is 0 Å². The van der Waals surface area contributed by atoms with Gasteiger partial charge in [0.2, 0.25) is 0 Å². The first kappa shape index (κ1) is 17.4. The number of azo groups is 1. The first-order valence-corrected chi connectivity index (χ1v) is 8.11. The summed E-state index contributed by atoms with van der Waals surface area (Å²) in [6.45, 7) is 1.47. The van der Waals surface area contributed by atoms with E-state index in [0.717, 1.165) is 10.2 Å². The number of Topliss-reactive ketones (excluding diaryl/α,β-unsaturated/α-hetero) is 1. The average molecular weight is 365 g/mol. The maximum Gasteiger partial charge on any atom is 0.301 e. The van der Waals surface area contributed by atoms with Gasteiger partial charge in [-0.05, 0) is 31.3 Å². The summed E-state index contributed by atoms with van der Waals surface area (Å²) in [7, 11) is 0. The van der Waals surface area contributed by atoms with Crippen LogP contribution in [0.5, 0.6) is 0 Å². The molecule has 0 unspecified atom stereocenters. The molecule has 0 bridgehead atoms. The van der Waals surface area contributed by atoms with Crippen molar-refractivity contribution in [1.29, 1.82) is 0 Å². The third-order valence-electron chi connectivity index (χ3n) is 3.67. The molecule has 1 heterocycles. The lowest BCUT2D eigenvalue weighted by atomic mass is 10.1. The number of ketones is 1. The molecule has 0 radical (unpaired) electrons. The van der Waals surface area contributed by atoms with E-state index in [-0.39, 0.29) is 16.6 Å². The first-order valence-electron chi connectivity index (χ1n) is 7.70. The monoisotopic (exact) mass is 365 g/mol. The second kappa shape index (κ2) is 7.24. The summed E-state index contributed by atoms with van der Waals surface area (Å²) in [5, 5.41) is 10.9. The number of carbonyl (C=O) groups excluding carboxylic acids is 1. The van der Waals surface area contributed by atoms with Crippen molar-refractivity contribution in [2.45, 2.75) is 6.92 Å². The van der Waals surface area contributed by atoms with Crippen molar-refractivity contribution in [3.05, 3.63) is 70.5 Å². The molecule has 3 rings (SSSR count). The lowest BCUT2D eigenvalue weighted by molar-refractivity contribution is 0.101. The number of aromatic nitrogens is 2. The number of nitrogens with two attached hydrogens (primary N) is 1. The zero-order valence-corrected chi connectivity index (χ0v) is 14.7. The van der Waals surface area contributed by atoms with Crippen LogP contribution in [-0.4, -0.2) is 20.7 Å². The minimum absolute atomic E-state index is 0.0792. The molecule has 0 spiro atoms. The van der Waals surface area contributed by atoms with Gasteiger partial charge in [0.05, 0.1) is 11.4 Å². The van der Waals surface area contributed by atoms with Gasteiger partial charge in [-0.3, -0.25) is 14.7 Å². The zero-order valence-electron chi connectivity index (χ0n) is 13.8. The summed E-state index contributed by atoms with van der Waals surface area (Å²) in [6.07, 6.45) is 0. The Morgan fingerprint density at radius 2 is 1.85 bits per heavy atom. The molecule has 8 heteroatoms. The Bertz CT molecular complexity index is 1070. The largest absolute Gasteiger partial charge is 0.374 e. The Hall–Kier alpha value is -3.39. The van der Waals surface area contributed by atoms with Gasteiger partial charge in [-0.25, -0.2) is 0 Å². The van der Waals surface area contributed by atoms with Gasteiger partial charge in [0, 0.05) is 11.1 Å². The summed E-state index contributed by atoms with van der Waals surface area (Å²) >= 11 is 4.90. The van der Waals surface area contributed by atoms with Gasteiger partial charge in [0.25, 0.3) is 0 Å². The lowest BCUT2D eigenvalue weighted by Crippen LogP contribution is -2.29. The van der Waals surface area contributed by atoms with Gasteiger partial charge in [-0.2, -0.15) is 9.80 Å². The number of hydrogen-bond donors (Lipinski definition) is 2. The molecule has 0 aliphatic heterocycles. The van der Waals surface area contributed by atoms with Crippen LogP contribution in [0.25, 0.3) is 11.3 Å². The molecule has 3 aromatic rings. The topological polar surface area (TPSA) is 106 Å². The minimum Gasteiger partial charge on any atom is -0.374 e. The highest BCUT2D eigenvalue weighted by Crippen LogP contribution is 2.27. The normalized spacial score (nSPS) is 11.0. The molecule has 0 aliphatic carbocycles. The smallest absolute Gasteiger partial charge is 0.301 e. The number of hydrogen-bond acceptors (Lipinski definition) is 5. The quantitative estimate of drug-likeness (QED) is 0.419. The van der Waals surface area contributed by atoms with Crippen LogP contribution in [0.3, 0.4) is 0 Å². The van der Waals surface area contributed by atoms with E-state index in [0.29, 0.717) is 16.9 Å². The maximum atomic E-state index is 12.6. The number of benzene rings is 2. The molecule has 1 aromatic heterocycles. The Kier molecular flexibility index (Phi) is 4.85. The highest BCUT2D eigenvalue weighted by Gasteiger charge is 2.17. The predicted octanol–water partition coefficient (Wildman–Crippen LogP) is 3.55. The van der Waals surface area contributed by atoms with Gasteiger partial charge in [-0.15, -0.1) is 5.11 Å². The summed E-state index contributed by atoms with van der Waals surface area (Å²) in [5.41, 5.74) is 7.34. The van der Waals surface area contributed by atoms with Crippen LogP contribution in [0.1, 0.15) is 17.3 Å². The molecule has 0 saturated heterocycles. The van der Waals surface area contributed by atoms with E-state index in [1.54, 1.807) is 24.3 Å². The van der Waals surface area contributed by atoms with Crippen LogP contribution < -0.4 is 11.3 Å². The van der Waals surface area contributed by atoms with Crippen LogP contribution >= 0.6 is 12.2 Å². The van der Waals surface area contributed by atoms with Crippen LogP contribution in [0, 0.1) is 0 Å². The number of aromatic amines is 1. The van der Waals surface area contributed by atoms with Crippen molar-refractivity contribution in [2.24, 2.45) is 16.0 Å². The first-order chi connectivity index (χ1) is 12.5. The van der Waals surface area contributed by atoms with Gasteiger partial charge >= 0.3 is 5.56 Å². The van der Waals surface area contributed by atoms with Crippen molar-refractivity contribution in [3.8, 4) is 11.3 Å². The minimum atomic E-state index is -0.497. The number of thiocarbonyl (C=S) groups is 1. The molecule has 0 atom stereocenters. The maximum absolute atomic E-state index is 12.6. The van der Waals surface area contributed by atoms with Crippen molar-refractivity contribution >= 4 is 34.5 Å². The Labute approximate surface area is 154 Å². The van der Waals surface area contributed by atoms with Crippen LogP contribution in [0.2, 0.25) is 0 Å². The Balaban J connectivity index is 2.09. The molecule has 7 nitrogen and oxygen atoms in total. The van der Waals surface area contributed by atoms with E-state index in [2.05, 4.69) is 15.3 Å². The fourth-order valence-electron chi connectivity index (χ4n) is 2.38. The van der Waals surface area contributed by atoms with E-state index in [1.807, 2.05) is 30.3 Å². The number of rotatable bonds is 4. The van der Waals surface area contributed by atoms with Crippen LogP contribution in [-0.2, 0) is 0 Å². The molecule has 0 aliphatic rings. The molecular weight excluding hydrogens is 350 g/mol. The second-order valence-corrected chi connectivity index (χ2v) is 5.91. The van der Waals surface area contributed by atoms with Crippen molar-refractivity contribution < 1.29 is 4.79 Å². The van der Waals surface area contributed by atoms with E-state index < -0.39 is 5.56 Å². The fraction of sp³-hybridized carbons (Fsp3) is 0.0556. The third-order valence-corrected chi connectivity index (χ3v) is 3.85. The molecule has 0 fully saturated rings. The fourth-order valence-corrected chi connectivity index (χ4v) is 2.51. The Morgan fingerprint density at radius 1 is 1.12 bits per heavy atom. The molecule has 0 saturated carbocycles. The number of H-pyrrole nitrogens is 1. The average Bonchev–Trinajstić information content (AvgIpc) is 2.97. The molecule has 3 N–H and O–H groups in total. The summed E-state index contributed by atoms with van der Waals surface area (Å²) in [5.74, 6) is -0.0792. The highest BCUT2D eigenvalue weighted by atomic mass is 32.1. The number of carbonyl (C=O) groups is 1. The molecule has 26 heavy (non-hydrogen) atoms. The van der Waals surface area contributed by atoms with E-state index in [1.165, 1.54) is 6.92 Å². The van der Waals surface area contributed by atoms with E-state index in [9.17, 15) is 9.59 Å². The van der Waals surface area contributed by atoms with Gasteiger partial charge in [0.15, 0.2) is 16.6 Å². The van der Waals surface area contributed by atoms with Crippen molar-refractivity contribution in [2.75, 3.05) is 0 Å². The number of nitrogens with one attached hydrogen (secondary N) is 1. The van der Waals surface area contributed by atoms with Crippen LogP contribution in [0.15, 0.2) is 69.6 Å². The van der Waals surface area contributed by atoms with Crippen LogP contribution in [0.4, 0.5) is 11.4 Å². The van der Waals surface area contributed by atoms with E-state index >= 15 is 0 Å². The predicted molar refractivity (Wildman–Crippen MR) is 103 cm³/mol. The van der Waals surface area contributed by atoms with Gasteiger partial charge in [-0.1, -0.05) is 42.5 Å². The third kappa shape index (κ3) is 3.50. The molecule has 0 amide bonds. The standard InChI is InChI=1S/C18H15N5O2S/c1-11(24)13-8-5-9-14(10-13)20-21-16-15(12-6-3-2-4-7-12)22-23(17(16)25)18(19)26/h2-10,22H,1H3,(H2,19,26). The van der Waals surface area contributed by atoms with Crippen molar-refractivity contribution in [3.63, 3.8) is 0 Å². The summed E-state index contributed by atoms with van der Waals surface area (Å²) < 4.78 is 1.04. The molecule has 130 valence electrons. The SMILES string of the molecule is CC(=O)c1cccc(N=Nc2c(-c3ccccc3)[nH]n(C(N)=S)c2=O)c1. The Morgan fingerprint density at radius 3 is 2.50 bits per heavy atom. The summed E-state index contributed by atoms with van der Waals surface area (Å²) in [4.78, 5) is 24.0. The van der Waals surface area contributed by atoms with Gasteiger partial charge < -0.3 is 5.73 Å². The number of nitrogens with zero attached hydrogens (tertiary/aromatic N) is 3. The zero-order chi connectivity index (χ0) is 18.7. The summed E-state index contributed by atoms with van der Waals surface area (Å²) in [6, 6.07) is 15.9. The molecular formula is C18H15N5O2S. The highest BCUT2D eigenvalue weighted by molar-refractivity contribution is 7.80. The second-order valence-electron chi connectivity index (χ2n) is 5.49. The van der Waals surface area contributed by atoms with Crippen molar-refractivity contribution in [1.82, 2.24) is 9.78 Å². The molecule has 2 aromatic carbocycles.